The molecule has 0 bridgehead atoms. The Morgan fingerprint density at radius 2 is 1.64 bits per heavy atom. The number of carbonyl (C=O) groups excluding carboxylic acids is 2. The molecule has 0 aromatic rings. The van der Waals surface area contributed by atoms with Gasteiger partial charge in [0.1, 0.15) is 0 Å². The third-order valence-electron chi connectivity index (χ3n) is 1.10. The highest BCUT2D eigenvalue weighted by Crippen LogP contribution is 1.81. The fourth-order valence-electron chi connectivity index (χ4n) is 0.439. The first-order valence-electron chi connectivity index (χ1n) is 4.58. The van der Waals surface area contributed by atoms with Gasteiger partial charge in [-0.3, -0.25) is 9.59 Å². The lowest BCUT2D eigenvalue weighted by Gasteiger charge is -1.93. The lowest BCUT2D eigenvalue weighted by Crippen LogP contribution is -2.00. The summed E-state index contributed by atoms with van der Waals surface area (Å²) < 4.78 is 8.87. The molecule has 0 saturated carbocycles. The average Bonchev–Trinajstić information content (AvgIpc) is 2.19. The molecule has 0 amide bonds. The summed E-state index contributed by atoms with van der Waals surface area (Å²) in [5.41, 5.74) is 0. The Morgan fingerprint density at radius 3 is 1.79 bits per heavy atom. The fourth-order valence-corrected chi connectivity index (χ4v) is 0.439. The highest BCUT2D eigenvalue weighted by Gasteiger charge is 1.91. The van der Waals surface area contributed by atoms with E-state index in [4.69, 9.17) is 0 Å². The molecule has 0 heterocycles. The predicted molar refractivity (Wildman–Crippen MR) is 53.5 cm³/mol. The van der Waals surface area contributed by atoms with Crippen LogP contribution in [0.2, 0.25) is 0 Å². The summed E-state index contributed by atoms with van der Waals surface area (Å²) in [7, 11) is 0. The molecule has 0 aromatic heterocycles. The second kappa shape index (κ2) is 11.7. The number of ether oxygens (including phenoxy) is 2. The Balaban J connectivity index is 0. The molecule has 0 unspecified atom stereocenters. The van der Waals surface area contributed by atoms with Crippen molar-refractivity contribution in [2.75, 3.05) is 6.61 Å². The Labute approximate surface area is 84.9 Å². The summed E-state index contributed by atoms with van der Waals surface area (Å²) >= 11 is 0. The minimum absolute atomic E-state index is 0.123. The molecule has 14 heavy (non-hydrogen) atoms. The highest BCUT2D eigenvalue weighted by molar-refractivity contribution is 5.69. The van der Waals surface area contributed by atoms with Gasteiger partial charge in [-0.05, 0) is 6.92 Å². The maximum atomic E-state index is 10.2. The van der Waals surface area contributed by atoms with Gasteiger partial charge in [-0.15, -0.1) is 0 Å². The van der Waals surface area contributed by atoms with Crippen LogP contribution in [0.15, 0.2) is 12.8 Å². The monoisotopic (exact) mass is 202 g/mol. The van der Waals surface area contributed by atoms with Crippen molar-refractivity contribution in [2.45, 2.75) is 33.6 Å². The summed E-state index contributed by atoms with van der Waals surface area (Å²) in [4.78, 5) is 20.3. The van der Waals surface area contributed by atoms with Crippen LogP contribution in [0.4, 0.5) is 0 Å². The maximum absolute atomic E-state index is 10.2. The molecule has 0 aliphatic heterocycles. The van der Waals surface area contributed by atoms with Crippen LogP contribution in [0.3, 0.4) is 0 Å². The second-order valence-electron chi connectivity index (χ2n) is 2.17. The molecule has 0 fully saturated rings. The molecule has 0 N–H and O–H groups in total. The maximum Gasteiger partial charge on any atom is 0.310 e. The topological polar surface area (TPSA) is 52.6 Å². The van der Waals surface area contributed by atoms with Crippen LogP contribution in [0.5, 0.6) is 0 Å². The molecule has 82 valence electrons. The number of hydrogen-bond donors (Lipinski definition) is 0. The Hall–Kier alpha value is -1.32. The molecule has 0 rings (SSSR count). The zero-order valence-corrected chi connectivity index (χ0v) is 9.04. The van der Waals surface area contributed by atoms with Crippen LogP contribution in [0.25, 0.3) is 0 Å². The predicted octanol–water partition coefficient (Wildman–Crippen LogP) is 2.04. The third kappa shape index (κ3) is 13.3. The molecule has 0 atom stereocenters. The number of rotatable bonds is 4. The zero-order valence-electron chi connectivity index (χ0n) is 9.04. The number of carbonyl (C=O) groups is 2. The van der Waals surface area contributed by atoms with E-state index in [-0.39, 0.29) is 11.9 Å². The zero-order chi connectivity index (χ0) is 11.4. The Bertz CT molecular complexity index is 175. The highest BCUT2D eigenvalue weighted by atomic mass is 16.5. The van der Waals surface area contributed by atoms with E-state index in [0.717, 1.165) is 6.26 Å². The van der Waals surface area contributed by atoms with E-state index in [1.165, 1.54) is 0 Å². The first-order valence-corrected chi connectivity index (χ1v) is 4.58. The van der Waals surface area contributed by atoms with Gasteiger partial charge in [-0.1, -0.05) is 20.4 Å². The molecular formula is C10H18O4. The fraction of sp³-hybridized carbons (Fsp3) is 0.600. The van der Waals surface area contributed by atoms with E-state index < -0.39 is 0 Å². The Kier molecular flexibility index (Phi) is 12.7. The van der Waals surface area contributed by atoms with E-state index in [1.54, 1.807) is 20.8 Å². The molecule has 0 radical (unpaired) electrons. The third-order valence-corrected chi connectivity index (χ3v) is 1.10. The van der Waals surface area contributed by atoms with Gasteiger partial charge in [-0.2, -0.15) is 0 Å². The van der Waals surface area contributed by atoms with Crippen molar-refractivity contribution >= 4 is 11.9 Å². The summed E-state index contributed by atoms with van der Waals surface area (Å²) in [5.74, 6) is -0.363. The standard InChI is InChI=1S/C5H10O2.C5H8O2/c2*1-3-5(6)7-4-2/h3-4H2,1-2H3;4H,2-3H2,1H3. The van der Waals surface area contributed by atoms with Crippen molar-refractivity contribution in [3.63, 3.8) is 0 Å². The van der Waals surface area contributed by atoms with Gasteiger partial charge < -0.3 is 9.47 Å². The molecule has 0 aliphatic rings. The average molecular weight is 202 g/mol. The summed E-state index contributed by atoms with van der Waals surface area (Å²) in [5, 5.41) is 0. The van der Waals surface area contributed by atoms with Crippen molar-refractivity contribution in [1.82, 2.24) is 0 Å². The molecule has 0 aromatic carbocycles. The van der Waals surface area contributed by atoms with E-state index in [2.05, 4.69) is 16.1 Å². The van der Waals surface area contributed by atoms with Crippen LogP contribution in [-0.4, -0.2) is 18.5 Å². The lowest BCUT2D eigenvalue weighted by atomic mass is 10.5. The SMILES string of the molecule is C=COC(=O)CC.CCOC(=O)CC. The Morgan fingerprint density at radius 1 is 1.14 bits per heavy atom. The van der Waals surface area contributed by atoms with Crippen LogP contribution in [0.1, 0.15) is 33.6 Å². The molecule has 0 spiro atoms. The minimum Gasteiger partial charge on any atom is -0.466 e. The van der Waals surface area contributed by atoms with Crippen LogP contribution < -0.4 is 0 Å². The largest absolute Gasteiger partial charge is 0.466 e. The second-order valence-corrected chi connectivity index (χ2v) is 2.17. The van der Waals surface area contributed by atoms with Crippen molar-refractivity contribution in [1.29, 1.82) is 0 Å². The minimum atomic E-state index is -0.241. The summed E-state index contributed by atoms with van der Waals surface area (Å²) in [6.45, 7) is 9.00. The van der Waals surface area contributed by atoms with Crippen LogP contribution >= 0.6 is 0 Å². The number of esters is 2. The quantitative estimate of drug-likeness (QED) is 0.517. The van der Waals surface area contributed by atoms with Gasteiger partial charge in [0.05, 0.1) is 12.9 Å². The van der Waals surface area contributed by atoms with Gasteiger partial charge in [0.15, 0.2) is 0 Å². The van der Waals surface area contributed by atoms with Crippen molar-refractivity contribution < 1.29 is 19.1 Å². The molecule has 4 nitrogen and oxygen atoms in total. The van der Waals surface area contributed by atoms with Gasteiger partial charge in [0, 0.05) is 12.8 Å². The van der Waals surface area contributed by atoms with Crippen LogP contribution in [0, 0.1) is 0 Å². The van der Waals surface area contributed by atoms with Gasteiger partial charge in [-0.25, -0.2) is 0 Å². The smallest absolute Gasteiger partial charge is 0.310 e. The lowest BCUT2D eigenvalue weighted by molar-refractivity contribution is -0.142. The summed E-state index contributed by atoms with van der Waals surface area (Å²) in [6, 6.07) is 0. The van der Waals surface area contributed by atoms with Crippen molar-refractivity contribution in [3.8, 4) is 0 Å². The molecule has 0 saturated heterocycles. The van der Waals surface area contributed by atoms with Gasteiger partial charge in [0.2, 0.25) is 0 Å². The molecule has 4 heteroatoms. The van der Waals surface area contributed by atoms with E-state index in [1.807, 2.05) is 0 Å². The summed E-state index contributed by atoms with van der Waals surface area (Å²) in [6.07, 6.45) is 2.02. The van der Waals surface area contributed by atoms with E-state index >= 15 is 0 Å². The van der Waals surface area contributed by atoms with Crippen LogP contribution in [-0.2, 0) is 19.1 Å². The van der Waals surface area contributed by atoms with Gasteiger partial charge >= 0.3 is 11.9 Å². The van der Waals surface area contributed by atoms with E-state index in [0.29, 0.717) is 19.4 Å². The molecule has 0 aliphatic carbocycles. The van der Waals surface area contributed by atoms with Gasteiger partial charge in [0.25, 0.3) is 0 Å². The van der Waals surface area contributed by atoms with E-state index in [9.17, 15) is 9.59 Å². The number of hydrogen-bond acceptors (Lipinski definition) is 4. The first kappa shape index (κ1) is 15.2. The first-order chi connectivity index (χ1) is 6.62. The van der Waals surface area contributed by atoms with Crippen molar-refractivity contribution in [3.05, 3.63) is 12.8 Å². The molecular weight excluding hydrogens is 184 g/mol. The normalized spacial score (nSPS) is 7.93. The van der Waals surface area contributed by atoms with Crippen molar-refractivity contribution in [2.24, 2.45) is 0 Å².